The summed E-state index contributed by atoms with van der Waals surface area (Å²) in [5.41, 5.74) is 5.58. The van der Waals surface area contributed by atoms with Crippen LogP contribution in [0.15, 0.2) is 0 Å². The molecule has 0 spiro atoms. The molecule has 0 atom stereocenters. The van der Waals surface area contributed by atoms with E-state index in [-0.39, 0.29) is 24.7 Å². The number of rotatable bonds is 8. The number of aromatic carboxylic acids is 1. The van der Waals surface area contributed by atoms with Gasteiger partial charge in [0, 0.05) is 20.1 Å². The first-order valence-corrected chi connectivity index (χ1v) is 5.71. The zero-order chi connectivity index (χ0) is 14.3. The summed E-state index contributed by atoms with van der Waals surface area (Å²) in [5.74, 6) is -1.48. The minimum atomic E-state index is -1.19. The molecule has 0 aliphatic rings. The van der Waals surface area contributed by atoms with Gasteiger partial charge in [-0.05, 0) is 6.54 Å². The first-order valence-electron chi connectivity index (χ1n) is 5.71. The molecule has 1 amide bonds. The van der Waals surface area contributed by atoms with Crippen molar-refractivity contribution in [2.24, 2.45) is 5.73 Å². The number of nitrogens with one attached hydrogen (secondary N) is 1. The maximum absolute atomic E-state index is 11.6. The smallest absolute Gasteiger partial charge is 0.358 e. The monoisotopic (exact) mass is 271 g/mol. The lowest BCUT2D eigenvalue weighted by molar-refractivity contribution is -0.122. The Labute approximate surface area is 109 Å². The van der Waals surface area contributed by atoms with Gasteiger partial charge in [0.1, 0.15) is 6.54 Å². The van der Waals surface area contributed by atoms with Crippen molar-refractivity contribution in [3.63, 3.8) is 0 Å². The highest BCUT2D eigenvalue weighted by Gasteiger charge is 2.19. The predicted octanol–water partition coefficient (Wildman–Crippen LogP) is -1.76. The molecule has 1 rings (SSSR count). The Bertz CT molecular complexity index is 445. The number of methoxy groups -OCH3 is 1. The van der Waals surface area contributed by atoms with Gasteiger partial charge in [-0.3, -0.25) is 4.79 Å². The van der Waals surface area contributed by atoms with Crippen molar-refractivity contribution < 1.29 is 19.4 Å². The molecule has 1 aromatic heterocycles. The molecule has 0 aliphatic heterocycles. The van der Waals surface area contributed by atoms with E-state index >= 15 is 0 Å². The number of hydrogen-bond acceptors (Lipinski definition) is 6. The number of hydrogen-bond donors (Lipinski definition) is 3. The molecule has 0 fully saturated rings. The largest absolute Gasteiger partial charge is 0.476 e. The van der Waals surface area contributed by atoms with E-state index in [1.165, 1.54) is 11.8 Å². The van der Waals surface area contributed by atoms with Crippen LogP contribution in [0, 0.1) is 0 Å². The molecule has 0 saturated carbocycles. The maximum Gasteiger partial charge on any atom is 0.358 e. The second kappa shape index (κ2) is 7.44. The van der Waals surface area contributed by atoms with Crippen molar-refractivity contribution in [1.29, 1.82) is 0 Å². The summed E-state index contributed by atoms with van der Waals surface area (Å²) < 4.78 is 6.05. The zero-order valence-electron chi connectivity index (χ0n) is 10.6. The van der Waals surface area contributed by atoms with E-state index in [0.29, 0.717) is 25.3 Å². The highest BCUT2D eigenvalue weighted by molar-refractivity contribution is 5.86. The fraction of sp³-hybridized carbons (Fsp3) is 0.600. The van der Waals surface area contributed by atoms with Crippen molar-refractivity contribution in [1.82, 2.24) is 20.3 Å². The average Bonchev–Trinajstić information content (AvgIpc) is 2.73. The Hall–Kier alpha value is -2.00. The number of carboxylic acid groups (broad SMARTS) is 1. The molecule has 4 N–H and O–H groups in total. The quantitative estimate of drug-likeness (QED) is 0.477. The Balaban J connectivity index is 2.72. The van der Waals surface area contributed by atoms with Gasteiger partial charge in [0.15, 0.2) is 5.69 Å². The fourth-order valence-electron chi connectivity index (χ4n) is 1.49. The van der Waals surface area contributed by atoms with Gasteiger partial charge in [-0.25, -0.2) is 9.48 Å². The molecular formula is C10H17N5O4. The van der Waals surface area contributed by atoms with Crippen LogP contribution in [0.25, 0.3) is 0 Å². The average molecular weight is 271 g/mol. The summed E-state index contributed by atoms with van der Waals surface area (Å²) in [7, 11) is 1.53. The third-order valence-corrected chi connectivity index (χ3v) is 2.34. The highest BCUT2D eigenvalue weighted by Crippen LogP contribution is 2.06. The Morgan fingerprint density at radius 3 is 2.84 bits per heavy atom. The third kappa shape index (κ3) is 4.30. The summed E-state index contributed by atoms with van der Waals surface area (Å²) in [5, 5.41) is 18.7. The first-order chi connectivity index (χ1) is 9.10. The lowest BCUT2D eigenvalue weighted by Crippen LogP contribution is -2.31. The van der Waals surface area contributed by atoms with Crippen LogP contribution >= 0.6 is 0 Å². The van der Waals surface area contributed by atoms with Gasteiger partial charge in [0.05, 0.1) is 12.3 Å². The van der Waals surface area contributed by atoms with Crippen molar-refractivity contribution in [2.45, 2.75) is 13.0 Å². The van der Waals surface area contributed by atoms with Crippen LogP contribution in [0.1, 0.15) is 16.2 Å². The second-order valence-electron chi connectivity index (χ2n) is 3.73. The lowest BCUT2D eigenvalue weighted by atomic mass is 10.2. The van der Waals surface area contributed by atoms with Gasteiger partial charge in [-0.15, -0.1) is 5.10 Å². The number of carbonyl (C=O) groups excluding carboxylic acids is 1. The molecule has 1 heterocycles. The summed E-state index contributed by atoms with van der Waals surface area (Å²) >= 11 is 0. The maximum atomic E-state index is 11.6. The van der Waals surface area contributed by atoms with Crippen LogP contribution in [-0.2, 0) is 22.5 Å². The van der Waals surface area contributed by atoms with E-state index in [2.05, 4.69) is 15.6 Å². The van der Waals surface area contributed by atoms with Crippen molar-refractivity contribution >= 4 is 11.9 Å². The molecule has 106 valence electrons. The van der Waals surface area contributed by atoms with Gasteiger partial charge in [0.25, 0.3) is 0 Å². The zero-order valence-corrected chi connectivity index (χ0v) is 10.6. The molecule has 0 unspecified atom stereocenters. The van der Waals surface area contributed by atoms with E-state index in [9.17, 15) is 9.59 Å². The Kier molecular flexibility index (Phi) is 5.90. The van der Waals surface area contributed by atoms with Crippen LogP contribution in [0.2, 0.25) is 0 Å². The van der Waals surface area contributed by atoms with E-state index in [1.54, 1.807) is 0 Å². The Morgan fingerprint density at radius 1 is 1.53 bits per heavy atom. The molecular weight excluding hydrogens is 254 g/mol. The molecule has 0 bridgehead atoms. The molecule has 19 heavy (non-hydrogen) atoms. The molecule has 0 aromatic carbocycles. The van der Waals surface area contributed by atoms with E-state index in [0.717, 1.165) is 0 Å². The molecule has 0 aliphatic carbocycles. The van der Waals surface area contributed by atoms with E-state index < -0.39 is 5.97 Å². The number of aromatic nitrogens is 3. The fourth-order valence-corrected chi connectivity index (χ4v) is 1.49. The first kappa shape index (κ1) is 15.1. The van der Waals surface area contributed by atoms with Crippen LogP contribution in [-0.4, -0.2) is 58.8 Å². The number of carbonyl (C=O) groups is 2. The van der Waals surface area contributed by atoms with Gasteiger partial charge in [-0.1, -0.05) is 5.21 Å². The molecule has 0 saturated heterocycles. The number of ether oxygens (including phenoxy) is 1. The van der Waals surface area contributed by atoms with Crippen LogP contribution in [0.3, 0.4) is 0 Å². The van der Waals surface area contributed by atoms with E-state index in [4.69, 9.17) is 15.6 Å². The van der Waals surface area contributed by atoms with Crippen molar-refractivity contribution in [3.05, 3.63) is 11.4 Å². The number of nitrogens with two attached hydrogens (primary N) is 1. The third-order valence-electron chi connectivity index (χ3n) is 2.34. The van der Waals surface area contributed by atoms with Gasteiger partial charge in [0.2, 0.25) is 5.91 Å². The number of carboxylic acids is 1. The van der Waals surface area contributed by atoms with Crippen molar-refractivity contribution in [2.75, 3.05) is 26.8 Å². The summed E-state index contributed by atoms with van der Waals surface area (Å²) in [6.07, 6.45) is 0.292. The minimum Gasteiger partial charge on any atom is -0.476 e. The topological polar surface area (TPSA) is 132 Å². The molecule has 9 nitrogen and oxygen atoms in total. The molecule has 1 aromatic rings. The minimum absolute atomic E-state index is 0.0979. The molecule has 9 heteroatoms. The molecule has 0 radical (unpaired) electrons. The lowest BCUT2D eigenvalue weighted by Gasteiger charge is -2.07. The summed E-state index contributed by atoms with van der Waals surface area (Å²) in [6.45, 7) is 0.930. The van der Waals surface area contributed by atoms with E-state index in [1.807, 2.05) is 0 Å². The van der Waals surface area contributed by atoms with Crippen LogP contribution in [0.4, 0.5) is 0 Å². The summed E-state index contributed by atoms with van der Waals surface area (Å²) in [4.78, 5) is 22.5. The van der Waals surface area contributed by atoms with Crippen molar-refractivity contribution in [3.8, 4) is 0 Å². The normalized spacial score (nSPS) is 10.4. The highest BCUT2D eigenvalue weighted by atomic mass is 16.5. The van der Waals surface area contributed by atoms with Gasteiger partial charge >= 0.3 is 5.97 Å². The Morgan fingerprint density at radius 2 is 2.26 bits per heavy atom. The van der Waals surface area contributed by atoms with Crippen LogP contribution < -0.4 is 11.1 Å². The SMILES string of the molecule is COCCNC(=O)Cn1nnc(C(=O)O)c1CCN. The number of amides is 1. The summed E-state index contributed by atoms with van der Waals surface area (Å²) in [6, 6.07) is 0. The van der Waals surface area contributed by atoms with Gasteiger partial charge in [-0.2, -0.15) is 0 Å². The van der Waals surface area contributed by atoms with Gasteiger partial charge < -0.3 is 20.9 Å². The number of nitrogens with zero attached hydrogens (tertiary/aromatic N) is 3. The van der Waals surface area contributed by atoms with Crippen LogP contribution in [0.5, 0.6) is 0 Å². The standard InChI is InChI=1S/C10H17N5O4/c1-19-5-4-12-8(16)6-15-7(2-3-11)9(10(17)18)13-14-15/h2-6,11H2,1H3,(H,12,16)(H,17,18). The predicted molar refractivity (Wildman–Crippen MR) is 64.6 cm³/mol. The second-order valence-corrected chi connectivity index (χ2v) is 3.73.